The second-order valence-electron chi connectivity index (χ2n) is 5.25. The minimum Gasteiger partial charge on any atom is -0.447 e. The van der Waals surface area contributed by atoms with Gasteiger partial charge in [-0.05, 0) is 30.4 Å². The lowest BCUT2D eigenvalue weighted by molar-refractivity contribution is 0.176. The zero-order valence-electron chi connectivity index (χ0n) is 10.8. The minimum absolute atomic E-state index is 0.173. The summed E-state index contributed by atoms with van der Waals surface area (Å²) in [6, 6.07) is 8.46. The first-order valence-electron chi connectivity index (χ1n) is 6.85. The summed E-state index contributed by atoms with van der Waals surface area (Å²) in [5.41, 5.74) is 2.34. The predicted octanol–water partition coefficient (Wildman–Crippen LogP) is 3.37. The van der Waals surface area contributed by atoms with Crippen LogP contribution in [0.1, 0.15) is 31.7 Å². The van der Waals surface area contributed by atoms with Crippen LogP contribution in [0.15, 0.2) is 24.3 Å². The van der Waals surface area contributed by atoms with Crippen LogP contribution >= 0.6 is 0 Å². The lowest BCUT2D eigenvalue weighted by Crippen LogP contribution is -2.43. The highest BCUT2D eigenvalue weighted by atomic mass is 16.6. The molecule has 0 N–H and O–H groups in total. The Bertz CT molecular complexity index is 458. The molecule has 2 aliphatic rings. The predicted molar refractivity (Wildman–Crippen MR) is 70.8 cm³/mol. The Morgan fingerprint density at radius 3 is 3.06 bits per heavy atom. The molecule has 2 heterocycles. The van der Waals surface area contributed by atoms with Gasteiger partial charge in [0.05, 0.1) is 11.7 Å². The molecule has 1 aromatic carbocycles. The van der Waals surface area contributed by atoms with E-state index in [2.05, 4.69) is 19.1 Å². The Balaban J connectivity index is 1.93. The Morgan fingerprint density at radius 2 is 2.22 bits per heavy atom. The molecule has 1 saturated heterocycles. The van der Waals surface area contributed by atoms with E-state index >= 15 is 0 Å². The molecule has 0 bridgehead atoms. The number of benzene rings is 1. The molecule has 1 fully saturated rings. The maximum atomic E-state index is 11.9. The van der Waals surface area contributed by atoms with Gasteiger partial charge in [-0.3, -0.25) is 4.90 Å². The molecular weight excluding hydrogens is 226 g/mol. The average Bonchev–Trinajstić information content (AvgIpc) is 2.79. The number of cyclic esters (lactones) is 1. The van der Waals surface area contributed by atoms with Gasteiger partial charge in [-0.2, -0.15) is 0 Å². The number of unbranched alkanes of at least 4 members (excludes halogenated alkanes) is 1. The summed E-state index contributed by atoms with van der Waals surface area (Å²) in [5.74, 6) is 0.547. The lowest BCUT2D eigenvalue weighted by atomic mass is 9.83. The van der Waals surface area contributed by atoms with Gasteiger partial charge in [-0.25, -0.2) is 4.79 Å². The third kappa shape index (κ3) is 1.78. The first-order valence-corrected chi connectivity index (χ1v) is 6.85. The molecule has 0 radical (unpaired) electrons. The van der Waals surface area contributed by atoms with Crippen LogP contribution in [0.4, 0.5) is 10.5 Å². The van der Waals surface area contributed by atoms with Gasteiger partial charge < -0.3 is 4.74 Å². The maximum absolute atomic E-state index is 11.9. The second kappa shape index (κ2) is 4.63. The molecule has 2 aliphatic heterocycles. The molecule has 3 rings (SSSR count). The summed E-state index contributed by atoms with van der Waals surface area (Å²) >= 11 is 0. The van der Waals surface area contributed by atoms with Crippen molar-refractivity contribution in [2.24, 2.45) is 5.92 Å². The van der Waals surface area contributed by atoms with Crippen LogP contribution in [0.2, 0.25) is 0 Å². The summed E-state index contributed by atoms with van der Waals surface area (Å²) in [4.78, 5) is 13.8. The van der Waals surface area contributed by atoms with Crippen molar-refractivity contribution in [3.8, 4) is 0 Å². The standard InChI is InChI=1S/C15H19NO2/c1-2-3-6-12-9-11-7-4-5-8-13(11)16-14(12)10-18-15(16)17/h4-5,7-8,12,14H,2-3,6,9-10H2,1H3/t12-,14+/m0/s1. The van der Waals surface area contributed by atoms with Crippen LogP contribution in [0.25, 0.3) is 0 Å². The van der Waals surface area contributed by atoms with E-state index in [0.717, 1.165) is 12.1 Å². The lowest BCUT2D eigenvalue weighted by Gasteiger charge is -2.35. The van der Waals surface area contributed by atoms with Crippen LogP contribution in [-0.2, 0) is 11.2 Å². The molecule has 1 amide bonds. The van der Waals surface area contributed by atoms with Crippen molar-refractivity contribution < 1.29 is 9.53 Å². The molecule has 0 spiro atoms. The summed E-state index contributed by atoms with van der Waals surface area (Å²) in [6.45, 7) is 2.77. The summed E-state index contributed by atoms with van der Waals surface area (Å²) in [5, 5.41) is 0. The Hall–Kier alpha value is -1.51. The van der Waals surface area contributed by atoms with Crippen molar-refractivity contribution in [1.82, 2.24) is 0 Å². The highest BCUT2D eigenvalue weighted by Crippen LogP contribution is 2.38. The van der Waals surface area contributed by atoms with Gasteiger partial charge in [-0.15, -0.1) is 0 Å². The fourth-order valence-corrected chi connectivity index (χ4v) is 3.16. The van der Waals surface area contributed by atoms with Gasteiger partial charge >= 0.3 is 6.09 Å². The maximum Gasteiger partial charge on any atom is 0.414 e. The largest absolute Gasteiger partial charge is 0.447 e. The number of hydrogen-bond donors (Lipinski definition) is 0. The van der Waals surface area contributed by atoms with Crippen LogP contribution in [0, 0.1) is 5.92 Å². The molecule has 2 atom stereocenters. The molecule has 1 aromatic rings. The Morgan fingerprint density at radius 1 is 1.39 bits per heavy atom. The van der Waals surface area contributed by atoms with Crippen LogP contribution in [0.5, 0.6) is 0 Å². The van der Waals surface area contributed by atoms with E-state index in [0.29, 0.717) is 12.5 Å². The number of fused-ring (bicyclic) bond motifs is 3. The summed E-state index contributed by atoms with van der Waals surface area (Å²) < 4.78 is 5.25. The van der Waals surface area contributed by atoms with Crippen molar-refractivity contribution in [1.29, 1.82) is 0 Å². The zero-order valence-corrected chi connectivity index (χ0v) is 10.8. The highest BCUT2D eigenvalue weighted by molar-refractivity contribution is 5.92. The number of carbonyl (C=O) groups is 1. The number of anilines is 1. The molecule has 0 saturated carbocycles. The molecule has 3 heteroatoms. The minimum atomic E-state index is -0.173. The van der Waals surface area contributed by atoms with Gasteiger partial charge in [0.15, 0.2) is 0 Å². The number of carbonyl (C=O) groups excluding carboxylic acids is 1. The monoisotopic (exact) mass is 245 g/mol. The fourth-order valence-electron chi connectivity index (χ4n) is 3.16. The number of ether oxygens (including phenoxy) is 1. The van der Waals surface area contributed by atoms with E-state index in [4.69, 9.17) is 4.74 Å². The summed E-state index contributed by atoms with van der Waals surface area (Å²) in [7, 11) is 0. The van der Waals surface area contributed by atoms with Crippen LogP contribution < -0.4 is 4.90 Å². The molecule has 0 aromatic heterocycles. The first kappa shape index (κ1) is 11.6. The third-order valence-electron chi connectivity index (χ3n) is 4.11. The van der Waals surface area contributed by atoms with E-state index in [1.165, 1.54) is 24.8 Å². The summed E-state index contributed by atoms with van der Waals surface area (Å²) in [6.07, 6.45) is 4.52. The zero-order chi connectivity index (χ0) is 12.5. The van der Waals surface area contributed by atoms with Crippen molar-refractivity contribution in [2.45, 2.75) is 38.6 Å². The van der Waals surface area contributed by atoms with Gasteiger partial charge in [0.2, 0.25) is 0 Å². The molecule has 0 aliphatic carbocycles. The number of hydrogen-bond acceptors (Lipinski definition) is 2. The van der Waals surface area contributed by atoms with Crippen molar-refractivity contribution in [3.63, 3.8) is 0 Å². The number of nitrogens with zero attached hydrogens (tertiary/aromatic N) is 1. The quantitative estimate of drug-likeness (QED) is 0.817. The van der Waals surface area contributed by atoms with E-state index < -0.39 is 0 Å². The van der Waals surface area contributed by atoms with Crippen molar-refractivity contribution in [3.05, 3.63) is 29.8 Å². The van der Waals surface area contributed by atoms with Crippen molar-refractivity contribution in [2.75, 3.05) is 11.5 Å². The number of para-hydroxylation sites is 1. The molecule has 3 nitrogen and oxygen atoms in total. The molecular formula is C15H19NO2. The van der Waals surface area contributed by atoms with E-state index in [1.54, 1.807) is 0 Å². The average molecular weight is 245 g/mol. The van der Waals surface area contributed by atoms with E-state index in [9.17, 15) is 4.79 Å². The van der Waals surface area contributed by atoms with Gasteiger partial charge in [0.25, 0.3) is 0 Å². The van der Waals surface area contributed by atoms with Gasteiger partial charge in [0, 0.05) is 0 Å². The molecule has 96 valence electrons. The molecule has 0 unspecified atom stereocenters. The first-order chi connectivity index (χ1) is 8.81. The van der Waals surface area contributed by atoms with Crippen LogP contribution in [-0.4, -0.2) is 18.7 Å². The SMILES string of the molecule is CCCC[C@H]1Cc2ccccc2N2C(=O)OC[C@H]12. The normalized spacial score (nSPS) is 25.6. The number of amides is 1. The van der Waals surface area contributed by atoms with E-state index in [1.807, 2.05) is 17.0 Å². The van der Waals surface area contributed by atoms with Crippen molar-refractivity contribution >= 4 is 11.8 Å². The Labute approximate surface area is 108 Å². The Kier molecular flexibility index (Phi) is 2.98. The fraction of sp³-hybridized carbons (Fsp3) is 0.533. The van der Waals surface area contributed by atoms with Gasteiger partial charge in [-0.1, -0.05) is 38.0 Å². The van der Waals surface area contributed by atoms with Gasteiger partial charge in [0.1, 0.15) is 6.61 Å². The smallest absolute Gasteiger partial charge is 0.414 e. The van der Waals surface area contributed by atoms with Crippen LogP contribution in [0.3, 0.4) is 0 Å². The second-order valence-corrected chi connectivity index (χ2v) is 5.25. The highest BCUT2D eigenvalue weighted by Gasteiger charge is 2.43. The third-order valence-corrected chi connectivity index (χ3v) is 4.11. The van der Waals surface area contributed by atoms with E-state index in [-0.39, 0.29) is 12.1 Å². The topological polar surface area (TPSA) is 29.5 Å². The number of rotatable bonds is 3. The molecule has 18 heavy (non-hydrogen) atoms.